The van der Waals surface area contributed by atoms with E-state index in [9.17, 15) is 14.4 Å². The lowest BCUT2D eigenvalue weighted by atomic mass is 9.95. The van der Waals surface area contributed by atoms with Crippen LogP contribution < -0.4 is 17.2 Å². The zero-order valence-corrected chi connectivity index (χ0v) is 24.1. The van der Waals surface area contributed by atoms with Crippen LogP contribution in [0.4, 0.5) is 0 Å². The molecule has 0 unspecified atom stereocenters. The monoisotopic (exact) mass is 541 g/mol. The minimum atomic E-state index is -1.07. The summed E-state index contributed by atoms with van der Waals surface area (Å²) in [5.41, 5.74) is 13.4. The highest BCUT2D eigenvalue weighted by molar-refractivity contribution is 5.78. The van der Waals surface area contributed by atoms with Crippen LogP contribution in [0, 0.1) is 0 Å². The van der Waals surface area contributed by atoms with E-state index in [4.69, 9.17) is 32.5 Å². The van der Waals surface area contributed by atoms with Crippen molar-refractivity contribution in [3.05, 3.63) is 38.0 Å². The summed E-state index contributed by atoms with van der Waals surface area (Å²) < 4.78 is 0. The van der Waals surface area contributed by atoms with Crippen molar-refractivity contribution in [2.24, 2.45) is 17.2 Å². The number of unbranched alkanes of at least 4 members (excludes halogenated alkanes) is 8. The fourth-order valence-electron chi connectivity index (χ4n) is 3.02. The van der Waals surface area contributed by atoms with Crippen LogP contribution in [-0.2, 0) is 14.4 Å². The Morgan fingerprint density at radius 3 is 0.947 bits per heavy atom. The normalized spacial score (nSPS) is 15.0. The van der Waals surface area contributed by atoms with E-state index in [-0.39, 0.29) is 0 Å². The number of hydrogen-bond acceptors (Lipinski definition) is 6. The van der Waals surface area contributed by atoms with Crippen LogP contribution in [0.3, 0.4) is 0 Å². The number of rotatable bonds is 20. The first-order chi connectivity index (χ1) is 17.5. The SMILES string of the molecule is C=CCCCCC[C@@](C)(N)C(=O)O.C=CCCCCC[C@](C)(N)C(=O)O.C=CCCCC[C@@](C)(N)C(=O)O. The summed E-state index contributed by atoms with van der Waals surface area (Å²) >= 11 is 0. The zero-order valence-electron chi connectivity index (χ0n) is 24.1. The van der Waals surface area contributed by atoms with Crippen molar-refractivity contribution in [1.82, 2.24) is 0 Å². The quantitative estimate of drug-likeness (QED) is 0.0867. The number of aliphatic carboxylic acids is 3. The molecular formula is C29H55N3O6. The van der Waals surface area contributed by atoms with Gasteiger partial charge in [0, 0.05) is 0 Å². The molecular weight excluding hydrogens is 486 g/mol. The van der Waals surface area contributed by atoms with Crippen molar-refractivity contribution in [3.63, 3.8) is 0 Å². The largest absolute Gasteiger partial charge is 0.480 e. The molecule has 0 bridgehead atoms. The summed E-state index contributed by atoms with van der Waals surface area (Å²) in [6, 6.07) is 0. The highest BCUT2D eigenvalue weighted by Crippen LogP contribution is 2.14. The molecule has 0 aromatic heterocycles. The van der Waals surface area contributed by atoms with Gasteiger partial charge in [-0.25, -0.2) is 0 Å². The van der Waals surface area contributed by atoms with Crippen molar-refractivity contribution in [3.8, 4) is 0 Å². The van der Waals surface area contributed by atoms with Crippen LogP contribution in [-0.4, -0.2) is 49.8 Å². The maximum Gasteiger partial charge on any atom is 0.323 e. The van der Waals surface area contributed by atoms with E-state index in [1.54, 1.807) is 20.8 Å². The van der Waals surface area contributed by atoms with E-state index in [1.807, 2.05) is 18.2 Å². The number of allylic oxidation sites excluding steroid dienone is 3. The molecule has 9 heteroatoms. The van der Waals surface area contributed by atoms with E-state index in [1.165, 1.54) is 0 Å². The van der Waals surface area contributed by atoms with Crippen LogP contribution in [0.5, 0.6) is 0 Å². The molecule has 3 atom stereocenters. The van der Waals surface area contributed by atoms with Gasteiger partial charge in [-0.15, -0.1) is 19.7 Å². The molecule has 0 radical (unpaired) electrons. The molecule has 0 aliphatic heterocycles. The van der Waals surface area contributed by atoms with Crippen LogP contribution in [0.15, 0.2) is 38.0 Å². The first-order valence-electron chi connectivity index (χ1n) is 13.4. The summed E-state index contributed by atoms with van der Waals surface area (Å²) in [4.78, 5) is 31.7. The van der Waals surface area contributed by atoms with E-state index in [0.29, 0.717) is 19.3 Å². The lowest BCUT2D eigenvalue weighted by Gasteiger charge is -2.18. The standard InChI is InChI=1S/2C10H19NO2.C9H17NO2/c2*1-3-4-5-6-7-8-10(2,11)9(12)13;1-3-4-5-6-7-9(2,10)8(11)12/h2*3H,1,4-8,11H2,2H3,(H,12,13);3H,1,4-7,10H2,2H3,(H,11,12)/t2*10-;9-/m101/s1. The highest BCUT2D eigenvalue weighted by Gasteiger charge is 2.28. The van der Waals surface area contributed by atoms with E-state index in [0.717, 1.165) is 70.6 Å². The maximum atomic E-state index is 10.6. The van der Waals surface area contributed by atoms with Gasteiger partial charge in [0.2, 0.25) is 0 Å². The molecule has 222 valence electrons. The minimum Gasteiger partial charge on any atom is -0.480 e. The van der Waals surface area contributed by atoms with Crippen LogP contribution in [0.2, 0.25) is 0 Å². The second-order valence-corrected chi connectivity index (χ2v) is 10.5. The maximum absolute atomic E-state index is 10.6. The molecule has 0 heterocycles. The van der Waals surface area contributed by atoms with Gasteiger partial charge in [0.15, 0.2) is 0 Å². The van der Waals surface area contributed by atoms with Gasteiger partial charge in [0.25, 0.3) is 0 Å². The summed E-state index contributed by atoms with van der Waals surface area (Å²) in [6.07, 6.45) is 17.8. The molecule has 0 aliphatic rings. The fourth-order valence-corrected chi connectivity index (χ4v) is 3.02. The third-order valence-electron chi connectivity index (χ3n) is 6.03. The third-order valence-corrected chi connectivity index (χ3v) is 6.03. The third kappa shape index (κ3) is 23.9. The van der Waals surface area contributed by atoms with E-state index >= 15 is 0 Å². The van der Waals surface area contributed by atoms with Crippen molar-refractivity contribution < 1.29 is 29.7 Å². The Balaban J connectivity index is -0.000000484. The van der Waals surface area contributed by atoms with Crippen molar-refractivity contribution in [2.75, 3.05) is 0 Å². The molecule has 0 fully saturated rings. The topological polar surface area (TPSA) is 190 Å². The zero-order chi connectivity index (χ0) is 30.3. The number of hydrogen-bond donors (Lipinski definition) is 6. The lowest BCUT2D eigenvalue weighted by molar-refractivity contribution is -0.143. The van der Waals surface area contributed by atoms with E-state index < -0.39 is 34.5 Å². The van der Waals surface area contributed by atoms with Gasteiger partial charge in [-0.2, -0.15) is 0 Å². The number of carboxylic acid groups (broad SMARTS) is 3. The predicted molar refractivity (Wildman–Crippen MR) is 156 cm³/mol. The average Bonchev–Trinajstić information content (AvgIpc) is 2.82. The van der Waals surface area contributed by atoms with Gasteiger partial charge >= 0.3 is 17.9 Å². The van der Waals surface area contributed by atoms with Gasteiger partial charge in [-0.05, 0) is 78.6 Å². The van der Waals surface area contributed by atoms with Crippen molar-refractivity contribution in [2.45, 2.75) is 127 Å². The lowest BCUT2D eigenvalue weighted by Crippen LogP contribution is -2.44. The molecule has 0 aliphatic carbocycles. The van der Waals surface area contributed by atoms with Gasteiger partial charge in [-0.1, -0.05) is 50.3 Å². The van der Waals surface area contributed by atoms with Crippen LogP contribution in [0.25, 0.3) is 0 Å². The summed E-state index contributed by atoms with van der Waals surface area (Å²) in [5.74, 6) is -2.77. The summed E-state index contributed by atoms with van der Waals surface area (Å²) in [5, 5.41) is 26.1. The second-order valence-electron chi connectivity index (χ2n) is 10.5. The average molecular weight is 542 g/mol. The molecule has 0 saturated carbocycles. The van der Waals surface area contributed by atoms with Crippen molar-refractivity contribution >= 4 is 17.9 Å². The number of nitrogens with two attached hydrogens (primary N) is 3. The van der Waals surface area contributed by atoms with Gasteiger partial charge in [0.1, 0.15) is 16.6 Å². The Bertz CT molecular complexity index is 662. The van der Waals surface area contributed by atoms with E-state index in [2.05, 4.69) is 19.7 Å². The van der Waals surface area contributed by atoms with Crippen LogP contribution in [0.1, 0.15) is 111 Å². The molecule has 0 aromatic carbocycles. The Hall–Kier alpha value is -2.49. The number of carboxylic acids is 3. The Labute approximate surface area is 230 Å². The molecule has 0 rings (SSSR count). The summed E-state index contributed by atoms with van der Waals surface area (Å²) in [7, 11) is 0. The molecule has 0 aromatic rings. The first-order valence-corrected chi connectivity index (χ1v) is 13.4. The molecule has 9 nitrogen and oxygen atoms in total. The smallest absolute Gasteiger partial charge is 0.323 e. The Morgan fingerprint density at radius 2 is 0.737 bits per heavy atom. The predicted octanol–water partition coefficient (Wildman–Crippen LogP) is 5.38. The molecule has 9 N–H and O–H groups in total. The minimum absolute atomic E-state index is 0.524. The van der Waals surface area contributed by atoms with Gasteiger partial charge < -0.3 is 32.5 Å². The number of carbonyl (C=O) groups is 3. The Kier molecular flexibility index (Phi) is 23.7. The molecule has 0 saturated heterocycles. The van der Waals surface area contributed by atoms with Crippen LogP contribution >= 0.6 is 0 Å². The Morgan fingerprint density at radius 1 is 0.526 bits per heavy atom. The first kappa shape index (κ1) is 40.0. The molecule has 38 heavy (non-hydrogen) atoms. The van der Waals surface area contributed by atoms with Gasteiger partial charge in [0.05, 0.1) is 0 Å². The molecule has 0 spiro atoms. The molecule has 0 amide bonds. The highest BCUT2D eigenvalue weighted by atomic mass is 16.4. The van der Waals surface area contributed by atoms with Gasteiger partial charge in [-0.3, -0.25) is 14.4 Å². The van der Waals surface area contributed by atoms with Crippen molar-refractivity contribution in [1.29, 1.82) is 0 Å². The fraction of sp³-hybridized carbons (Fsp3) is 0.690. The summed E-state index contributed by atoms with van der Waals surface area (Å²) in [6.45, 7) is 15.5. The second kappa shape index (κ2) is 22.5.